The predicted molar refractivity (Wildman–Crippen MR) is 102 cm³/mol. The van der Waals surface area contributed by atoms with Gasteiger partial charge in [0.15, 0.2) is 0 Å². The van der Waals surface area contributed by atoms with Crippen molar-refractivity contribution < 1.29 is 4.74 Å². The smallest absolute Gasteiger partial charge is 0.270 e. The van der Waals surface area contributed by atoms with Crippen LogP contribution >= 0.6 is 0 Å². The summed E-state index contributed by atoms with van der Waals surface area (Å²) in [7, 11) is 3.33. The Hall–Kier alpha value is -2.48. The summed E-state index contributed by atoms with van der Waals surface area (Å²) in [5.41, 5.74) is 0.804. The van der Waals surface area contributed by atoms with Crippen molar-refractivity contribution in [1.82, 2.24) is 24.6 Å². The first-order valence-corrected chi connectivity index (χ1v) is 9.53. The second-order valence-corrected chi connectivity index (χ2v) is 7.35. The minimum absolute atomic E-state index is 0.00712. The number of ether oxygens (including phenoxy) is 1. The number of anilines is 1. The number of rotatable bonds is 6. The zero-order valence-corrected chi connectivity index (χ0v) is 15.9. The summed E-state index contributed by atoms with van der Waals surface area (Å²) in [5.74, 6) is 1.57. The van der Waals surface area contributed by atoms with Crippen molar-refractivity contribution in [3.05, 3.63) is 40.6 Å². The first-order chi connectivity index (χ1) is 13.2. The average Bonchev–Trinajstić information content (AvgIpc) is 3.52. The molecule has 2 aromatic heterocycles. The normalized spacial score (nSPS) is 18.4. The molecule has 0 unspecified atom stereocenters. The Morgan fingerprint density at radius 2 is 1.93 bits per heavy atom. The first-order valence-electron chi connectivity index (χ1n) is 9.53. The third-order valence-corrected chi connectivity index (χ3v) is 5.47. The number of nitrogens with zero attached hydrogens (tertiary/aromatic N) is 6. The molecule has 8 nitrogen and oxygen atoms in total. The van der Waals surface area contributed by atoms with Crippen LogP contribution in [0.2, 0.25) is 0 Å². The number of piperidine rings is 1. The molecule has 2 aromatic rings. The monoisotopic (exact) mass is 370 g/mol. The highest BCUT2D eigenvalue weighted by Gasteiger charge is 2.36. The SMILES string of the molecule is COc1cc(N(C2CC2)C2CCN(Cc3ccnn(C)c3=O)CC2)ncn1. The third-order valence-electron chi connectivity index (χ3n) is 5.47. The Bertz CT molecular complexity index is 842. The summed E-state index contributed by atoms with van der Waals surface area (Å²) in [6.45, 7) is 2.63. The fourth-order valence-electron chi connectivity index (χ4n) is 3.88. The predicted octanol–water partition coefficient (Wildman–Crippen LogP) is 1.21. The van der Waals surface area contributed by atoms with E-state index in [1.807, 2.05) is 12.1 Å². The zero-order chi connectivity index (χ0) is 18.8. The van der Waals surface area contributed by atoms with Crippen LogP contribution in [0.4, 0.5) is 5.82 Å². The second-order valence-electron chi connectivity index (χ2n) is 7.35. The Morgan fingerprint density at radius 1 is 1.19 bits per heavy atom. The van der Waals surface area contributed by atoms with Gasteiger partial charge in [0, 0.05) is 56.6 Å². The van der Waals surface area contributed by atoms with Crippen LogP contribution in [0.25, 0.3) is 0 Å². The molecular weight excluding hydrogens is 344 g/mol. The summed E-state index contributed by atoms with van der Waals surface area (Å²) in [4.78, 5) is 25.7. The fourth-order valence-corrected chi connectivity index (χ4v) is 3.88. The molecule has 1 aliphatic heterocycles. The molecule has 4 rings (SSSR count). The minimum Gasteiger partial charge on any atom is -0.481 e. The lowest BCUT2D eigenvalue weighted by molar-refractivity contribution is 0.199. The van der Waals surface area contributed by atoms with Crippen molar-refractivity contribution in [1.29, 1.82) is 0 Å². The summed E-state index contributed by atoms with van der Waals surface area (Å²) < 4.78 is 6.68. The van der Waals surface area contributed by atoms with Gasteiger partial charge in [-0.25, -0.2) is 14.6 Å². The second kappa shape index (κ2) is 7.64. The molecule has 0 atom stereocenters. The van der Waals surface area contributed by atoms with Crippen molar-refractivity contribution in [3.63, 3.8) is 0 Å². The van der Waals surface area contributed by atoms with E-state index in [9.17, 15) is 4.79 Å². The molecule has 0 spiro atoms. The number of hydrogen-bond donors (Lipinski definition) is 0. The van der Waals surface area contributed by atoms with Crippen molar-refractivity contribution in [3.8, 4) is 5.88 Å². The van der Waals surface area contributed by atoms with Gasteiger partial charge >= 0.3 is 0 Å². The maximum Gasteiger partial charge on any atom is 0.270 e. The Balaban J connectivity index is 1.42. The molecule has 8 heteroatoms. The topological polar surface area (TPSA) is 76.4 Å². The van der Waals surface area contributed by atoms with Crippen LogP contribution in [-0.4, -0.2) is 56.9 Å². The molecule has 2 aliphatic rings. The van der Waals surface area contributed by atoms with E-state index >= 15 is 0 Å². The molecule has 1 saturated carbocycles. The van der Waals surface area contributed by atoms with Gasteiger partial charge in [0.25, 0.3) is 5.56 Å². The molecule has 0 N–H and O–H groups in total. The lowest BCUT2D eigenvalue weighted by atomic mass is 10.0. The van der Waals surface area contributed by atoms with Gasteiger partial charge in [-0.15, -0.1) is 0 Å². The van der Waals surface area contributed by atoms with Crippen molar-refractivity contribution in [2.75, 3.05) is 25.1 Å². The standard InChI is InChI=1S/C19H26N6O2/c1-23-19(26)14(5-8-22-23)12-24-9-6-16(7-10-24)25(15-3-4-15)17-11-18(27-2)21-13-20-17/h5,8,11,13,15-16H,3-4,6-7,9-10,12H2,1-2H3. The van der Waals surface area contributed by atoms with E-state index in [0.717, 1.165) is 37.3 Å². The Kier molecular flexibility index (Phi) is 5.07. The Labute approximate surface area is 158 Å². The highest BCUT2D eigenvalue weighted by molar-refractivity contribution is 5.45. The van der Waals surface area contributed by atoms with E-state index in [0.29, 0.717) is 24.5 Å². The maximum absolute atomic E-state index is 12.2. The highest BCUT2D eigenvalue weighted by atomic mass is 16.5. The van der Waals surface area contributed by atoms with Gasteiger partial charge in [0.05, 0.1) is 7.11 Å². The lowest BCUT2D eigenvalue weighted by Gasteiger charge is -2.39. The van der Waals surface area contributed by atoms with E-state index in [1.165, 1.54) is 17.5 Å². The van der Waals surface area contributed by atoms with Crippen molar-refractivity contribution >= 4 is 5.82 Å². The zero-order valence-electron chi connectivity index (χ0n) is 15.9. The van der Waals surface area contributed by atoms with Crippen LogP contribution in [-0.2, 0) is 13.6 Å². The number of hydrogen-bond acceptors (Lipinski definition) is 7. The van der Waals surface area contributed by atoms with E-state index in [-0.39, 0.29) is 5.56 Å². The fraction of sp³-hybridized carbons (Fsp3) is 0.579. The molecule has 0 amide bonds. The molecule has 3 heterocycles. The third kappa shape index (κ3) is 3.95. The van der Waals surface area contributed by atoms with Gasteiger partial charge in [-0.2, -0.15) is 5.10 Å². The largest absolute Gasteiger partial charge is 0.481 e. The number of aromatic nitrogens is 4. The molecule has 2 fully saturated rings. The Morgan fingerprint density at radius 3 is 2.63 bits per heavy atom. The van der Waals surface area contributed by atoms with E-state index in [1.54, 1.807) is 26.7 Å². The van der Waals surface area contributed by atoms with Gasteiger partial charge in [-0.05, 0) is 31.7 Å². The maximum atomic E-state index is 12.2. The molecule has 0 aromatic carbocycles. The van der Waals surface area contributed by atoms with Crippen LogP contribution < -0.4 is 15.2 Å². The minimum atomic E-state index is -0.00712. The summed E-state index contributed by atoms with van der Waals surface area (Å²) >= 11 is 0. The number of aryl methyl sites for hydroxylation is 1. The molecule has 1 aliphatic carbocycles. The van der Waals surface area contributed by atoms with Crippen LogP contribution in [0.3, 0.4) is 0 Å². The van der Waals surface area contributed by atoms with Gasteiger partial charge in [0.1, 0.15) is 12.1 Å². The lowest BCUT2D eigenvalue weighted by Crippen LogP contribution is -2.46. The summed E-state index contributed by atoms with van der Waals surface area (Å²) in [5, 5.41) is 4.00. The van der Waals surface area contributed by atoms with Crippen molar-refractivity contribution in [2.45, 2.75) is 44.3 Å². The summed E-state index contributed by atoms with van der Waals surface area (Å²) in [6.07, 6.45) is 7.85. The van der Waals surface area contributed by atoms with E-state index < -0.39 is 0 Å². The van der Waals surface area contributed by atoms with Gasteiger partial charge in [-0.1, -0.05) is 0 Å². The first kappa shape index (κ1) is 17.9. The van der Waals surface area contributed by atoms with Crippen LogP contribution in [0.5, 0.6) is 5.88 Å². The summed E-state index contributed by atoms with van der Waals surface area (Å²) in [6, 6.07) is 4.81. The van der Waals surface area contributed by atoms with E-state index in [2.05, 4.69) is 24.9 Å². The van der Waals surface area contributed by atoms with Gasteiger partial charge in [0.2, 0.25) is 5.88 Å². The van der Waals surface area contributed by atoms with Gasteiger partial charge < -0.3 is 9.64 Å². The molecule has 1 saturated heterocycles. The van der Waals surface area contributed by atoms with Crippen LogP contribution in [0.1, 0.15) is 31.2 Å². The number of methoxy groups -OCH3 is 1. The van der Waals surface area contributed by atoms with Gasteiger partial charge in [-0.3, -0.25) is 9.69 Å². The van der Waals surface area contributed by atoms with Crippen molar-refractivity contribution in [2.24, 2.45) is 7.05 Å². The highest BCUT2D eigenvalue weighted by Crippen LogP contribution is 2.36. The molecule has 144 valence electrons. The number of likely N-dealkylation sites (tertiary alicyclic amines) is 1. The van der Waals surface area contributed by atoms with Crippen LogP contribution in [0.15, 0.2) is 29.5 Å². The molecule has 27 heavy (non-hydrogen) atoms. The van der Waals surface area contributed by atoms with E-state index in [4.69, 9.17) is 4.74 Å². The van der Waals surface area contributed by atoms with Crippen LogP contribution in [0, 0.1) is 0 Å². The average molecular weight is 370 g/mol. The molecule has 0 radical (unpaired) electrons. The molecule has 0 bridgehead atoms. The quantitative estimate of drug-likeness (QED) is 0.756. The molecular formula is C19H26N6O2.